The quantitative estimate of drug-likeness (QED) is 0.215. The van der Waals surface area contributed by atoms with Gasteiger partial charge in [0.25, 0.3) is 0 Å². The Morgan fingerprint density at radius 2 is 1.20 bits per heavy atom. The van der Waals surface area contributed by atoms with Crippen molar-refractivity contribution in [2.24, 2.45) is 0 Å². The zero-order chi connectivity index (χ0) is 26.8. The second-order valence-electron chi connectivity index (χ2n) is 11.1. The molecule has 0 aliphatic heterocycles. The lowest BCUT2D eigenvalue weighted by Gasteiger charge is -2.09. The maximum atomic E-state index is 5.11. The maximum absolute atomic E-state index is 5.11. The molecule has 4 heteroatoms. The molecule has 0 saturated heterocycles. The van der Waals surface area contributed by atoms with Crippen LogP contribution in [0.4, 0.5) is 0 Å². The Morgan fingerprint density at radius 1 is 0.488 bits per heavy atom. The maximum Gasteiger partial charge on any atom is 0.235 e. The van der Waals surface area contributed by atoms with Crippen LogP contribution in [0.2, 0.25) is 0 Å². The fourth-order valence-corrected chi connectivity index (χ4v) is 7.30. The van der Waals surface area contributed by atoms with E-state index in [1.54, 1.807) is 0 Å². The Balaban J connectivity index is 1.52. The molecular weight excluding hydrogens is 500 g/mol. The molecule has 4 aromatic heterocycles. The van der Waals surface area contributed by atoms with Gasteiger partial charge in [-0.15, -0.1) is 0 Å². The summed E-state index contributed by atoms with van der Waals surface area (Å²) in [7, 11) is 0. The van der Waals surface area contributed by atoms with Crippen molar-refractivity contribution in [2.45, 2.75) is 6.92 Å². The monoisotopic (exact) mass is 522 g/mol. The molecule has 0 aliphatic carbocycles. The minimum Gasteiger partial charge on any atom is -0.307 e. The predicted molar refractivity (Wildman–Crippen MR) is 171 cm³/mol. The van der Waals surface area contributed by atoms with Crippen LogP contribution in [0.25, 0.3) is 87.5 Å². The zero-order valence-corrected chi connectivity index (χ0v) is 22.3. The van der Waals surface area contributed by atoms with E-state index in [1.807, 2.05) is 12.1 Å². The van der Waals surface area contributed by atoms with Crippen molar-refractivity contribution >= 4 is 81.6 Å². The fourth-order valence-electron chi connectivity index (χ4n) is 7.30. The Morgan fingerprint density at radius 3 is 2.07 bits per heavy atom. The lowest BCUT2D eigenvalue weighted by molar-refractivity contribution is 0.990. The molecule has 190 valence electrons. The first-order valence-corrected chi connectivity index (χ1v) is 14.0. The van der Waals surface area contributed by atoms with E-state index in [4.69, 9.17) is 9.97 Å². The summed E-state index contributed by atoms with van der Waals surface area (Å²) in [6.45, 7) is 2.08. The number of aryl methyl sites for hydroxylation is 1. The first-order chi connectivity index (χ1) is 20.3. The minimum absolute atomic E-state index is 0.708. The SMILES string of the molecule is Cc1nc(-n2c3ccccc3c3c4c5ccc6ccccc6c5n5c6ccccc6c(cc32)c45)nc2ccccc12. The van der Waals surface area contributed by atoms with Gasteiger partial charge in [0.2, 0.25) is 5.95 Å². The van der Waals surface area contributed by atoms with Gasteiger partial charge in [0.05, 0.1) is 38.8 Å². The van der Waals surface area contributed by atoms with Crippen molar-refractivity contribution in [1.82, 2.24) is 18.9 Å². The standard InChI is InChI=1S/C37H22N4/c1-21-23-11-4-7-15-29(23)39-37(38-21)40-31-17-9-6-14-26(31)33-32(40)20-28-25-13-5-8-16-30(25)41-35-24-12-3-2-10-22(24)18-19-27(35)34(33)36(28)41/h2-20H,1H3. The first-order valence-electron chi connectivity index (χ1n) is 14.0. The Labute approximate surface area is 234 Å². The topological polar surface area (TPSA) is 35.1 Å². The fraction of sp³-hybridized carbons (Fsp3) is 0.0270. The van der Waals surface area contributed by atoms with E-state index in [9.17, 15) is 0 Å². The summed E-state index contributed by atoms with van der Waals surface area (Å²) in [5.74, 6) is 0.708. The van der Waals surface area contributed by atoms with Gasteiger partial charge in [0, 0.05) is 43.1 Å². The number of rotatable bonds is 1. The molecule has 4 nitrogen and oxygen atoms in total. The third-order valence-corrected chi connectivity index (χ3v) is 8.97. The van der Waals surface area contributed by atoms with E-state index in [1.165, 1.54) is 59.6 Å². The van der Waals surface area contributed by atoms with Crippen molar-refractivity contribution < 1.29 is 0 Å². The van der Waals surface area contributed by atoms with Gasteiger partial charge in [0.1, 0.15) is 0 Å². The highest BCUT2D eigenvalue weighted by molar-refractivity contribution is 6.37. The summed E-state index contributed by atoms with van der Waals surface area (Å²) in [6.07, 6.45) is 0. The summed E-state index contributed by atoms with van der Waals surface area (Å²) >= 11 is 0. The smallest absolute Gasteiger partial charge is 0.235 e. The molecule has 0 bridgehead atoms. The molecule has 4 heterocycles. The lowest BCUT2D eigenvalue weighted by Crippen LogP contribution is -2.03. The number of aromatic nitrogens is 4. The summed E-state index contributed by atoms with van der Waals surface area (Å²) in [6, 6.07) is 41.5. The van der Waals surface area contributed by atoms with E-state index in [-0.39, 0.29) is 0 Å². The van der Waals surface area contributed by atoms with Crippen molar-refractivity contribution in [2.75, 3.05) is 0 Å². The normalized spacial score (nSPS) is 12.5. The van der Waals surface area contributed by atoms with E-state index < -0.39 is 0 Å². The molecule has 6 aromatic carbocycles. The lowest BCUT2D eigenvalue weighted by atomic mass is 10.0. The molecule has 41 heavy (non-hydrogen) atoms. The molecule has 0 fully saturated rings. The molecule has 10 rings (SSSR count). The number of benzene rings is 6. The predicted octanol–water partition coefficient (Wildman–Crippen LogP) is 9.34. The average Bonchev–Trinajstić information content (AvgIpc) is 3.65. The molecule has 0 aliphatic rings. The van der Waals surface area contributed by atoms with Gasteiger partial charge in [0.15, 0.2) is 0 Å². The third kappa shape index (κ3) is 2.56. The molecule has 0 saturated carbocycles. The van der Waals surface area contributed by atoms with Crippen LogP contribution >= 0.6 is 0 Å². The van der Waals surface area contributed by atoms with Crippen LogP contribution in [0.3, 0.4) is 0 Å². The van der Waals surface area contributed by atoms with Crippen LogP contribution in [0.1, 0.15) is 5.69 Å². The van der Waals surface area contributed by atoms with Crippen molar-refractivity contribution in [1.29, 1.82) is 0 Å². The largest absolute Gasteiger partial charge is 0.307 e. The second kappa shape index (κ2) is 7.38. The van der Waals surface area contributed by atoms with Crippen molar-refractivity contribution in [3.05, 3.63) is 121 Å². The number of nitrogens with zero attached hydrogens (tertiary/aromatic N) is 4. The molecule has 0 radical (unpaired) electrons. The Kier molecular flexibility index (Phi) is 3.84. The molecule has 0 unspecified atom stereocenters. The molecule has 0 amide bonds. The highest BCUT2D eigenvalue weighted by Crippen LogP contribution is 2.47. The molecule has 10 aromatic rings. The Bertz CT molecular complexity index is 2710. The van der Waals surface area contributed by atoms with E-state index in [2.05, 4.69) is 119 Å². The number of hydrogen-bond donors (Lipinski definition) is 0. The highest BCUT2D eigenvalue weighted by atomic mass is 15.2. The average molecular weight is 523 g/mol. The van der Waals surface area contributed by atoms with E-state index in [0.717, 1.165) is 27.6 Å². The van der Waals surface area contributed by atoms with Crippen molar-refractivity contribution in [3.8, 4) is 5.95 Å². The van der Waals surface area contributed by atoms with Crippen LogP contribution in [0.15, 0.2) is 115 Å². The van der Waals surface area contributed by atoms with Gasteiger partial charge in [-0.25, -0.2) is 9.97 Å². The van der Waals surface area contributed by atoms with Gasteiger partial charge < -0.3 is 4.40 Å². The van der Waals surface area contributed by atoms with Crippen LogP contribution < -0.4 is 0 Å². The number of para-hydroxylation sites is 3. The van der Waals surface area contributed by atoms with Crippen molar-refractivity contribution in [3.63, 3.8) is 0 Å². The Hall–Kier alpha value is -5.48. The molecule has 0 spiro atoms. The van der Waals surface area contributed by atoms with Gasteiger partial charge in [-0.1, -0.05) is 91.0 Å². The molecule has 0 N–H and O–H groups in total. The van der Waals surface area contributed by atoms with Gasteiger partial charge >= 0.3 is 0 Å². The first kappa shape index (κ1) is 21.4. The van der Waals surface area contributed by atoms with Crippen LogP contribution in [-0.4, -0.2) is 18.9 Å². The van der Waals surface area contributed by atoms with Crippen LogP contribution in [0, 0.1) is 6.92 Å². The van der Waals surface area contributed by atoms with Crippen LogP contribution in [-0.2, 0) is 0 Å². The summed E-state index contributed by atoms with van der Waals surface area (Å²) in [4.78, 5) is 10.2. The van der Waals surface area contributed by atoms with Crippen LogP contribution in [0.5, 0.6) is 0 Å². The van der Waals surface area contributed by atoms with E-state index in [0.29, 0.717) is 5.95 Å². The minimum atomic E-state index is 0.708. The van der Waals surface area contributed by atoms with Gasteiger partial charge in [-0.3, -0.25) is 4.57 Å². The zero-order valence-electron chi connectivity index (χ0n) is 22.3. The number of fused-ring (bicyclic) bond motifs is 13. The molecular formula is C37H22N4. The second-order valence-corrected chi connectivity index (χ2v) is 11.1. The highest BCUT2D eigenvalue weighted by Gasteiger charge is 2.25. The third-order valence-electron chi connectivity index (χ3n) is 8.97. The summed E-state index contributed by atoms with van der Waals surface area (Å²) in [5.41, 5.74) is 7.98. The van der Waals surface area contributed by atoms with E-state index >= 15 is 0 Å². The van der Waals surface area contributed by atoms with Gasteiger partial charge in [-0.05, 0) is 36.6 Å². The molecule has 0 atom stereocenters. The number of hydrogen-bond acceptors (Lipinski definition) is 2. The summed E-state index contributed by atoms with van der Waals surface area (Å²) < 4.78 is 4.77. The summed E-state index contributed by atoms with van der Waals surface area (Å²) in [5, 5.41) is 11.2. The van der Waals surface area contributed by atoms with Gasteiger partial charge in [-0.2, -0.15) is 0 Å².